The summed E-state index contributed by atoms with van der Waals surface area (Å²) in [6, 6.07) is 0. The molecule has 3 nitrogen and oxygen atoms in total. The van der Waals surface area contributed by atoms with Crippen molar-refractivity contribution in [2.75, 3.05) is 7.11 Å². The lowest BCUT2D eigenvalue weighted by Crippen LogP contribution is -2.17. The Hall–Kier alpha value is -0.570. The van der Waals surface area contributed by atoms with Gasteiger partial charge in [-0.25, -0.2) is 4.79 Å². The molecule has 0 aliphatic carbocycles. The van der Waals surface area contributed by atoms with Crippen molar-refractivity contribution in [3.05, 3.63) is 0 Å². The Balaban J connectivity index is 3.88. The average molecular weight is 202 g/mol. The fraction of sp³-hybridized carbons (Fsp3) is 0.909. The molecule has 0 aromatic rings. The Morgan fingerprint density at radius 1 is 1.14 bits per heavy atom. The van der Waals surface area contributed by atoms with E-state index < -0.39 is 0 Å². The standard InChI is InChI=1S/C11H22O3/c1-4-6-8-10(9-7-5-2)11(12)14-13-3/h10H,4-9H2,1-3H3. The molecule has 0 heterocycles. The smallest absolute Gasteiger partial charge is 0.298 e. The maximum atomic E-state index is 11.4. The van der Waals surface area contributed by atoms with Crippen LogP contribution in [0, 0.1) is 5.92 Å². The second kappa shape index (κ2) is 9.00. The van der Waals surface area contributed by atoms with Gasteiger partial charge >= 0.3 is 5.97 Å². The van der Waals surface area contributed by atoms with Gasteiger partial charge in [-0.05, 0) is 12.8 Å². The summed E-state index contributed by atoms with van der Waals surface area (Å²) in [6.45, 7) is 4.25. The van der Waals surface area contributed by atoms with Crippen molar-refractivity contribution in [1.82, 2.24) is 0 Å². The van der Waals surface area contributed by atoms with Crippen molar-refractivity contribution in [3.63, 3.8) is 0 Å². The Bertz CT molecular complexity index is 137. The molecule has 0 atom stereocenters. The quantitative estimate of drug-likeness (QED) is 0.448. The van der Waals surface area contributed by atoms with Gasteiger partial charge < -0.3 is 0 Å². The highest BCUT2D eigenvalue weighted by molar-refractivity contribution is 5.71. The van der Waals surface area contributed by atoms with Gasteiger partial charge in [-0.1, -0.05) is 39.5 Å². The summed E-state index contributed by atoms with van der Waals surface area (Å²) in [4.78, 5) is 20.4. The zero-order valence-corrected chi connectivity index (χ0v) is 9.54. The van der Waals surface area contributed by atoms with Crippen LogP contribution >= 0.6 is 0 Å². The molecule has 84 valence electrons. The van der Waals surface area contributed by atoms with Crippen LogP contribution in [0.25, 0.3) is 0 Å². The number of carbonyl (C=O) groups excluding carboxylic acids is 1. The lowest BCUT2D eigenvalue weighted by atomic mass is 9.96. The Morgan fingerprint density at radius 3 is 2.00 bits per heavy atom. The monoisotopic (exact) mass is 202 g/mol. The van der Waals surface area contributed by atoms with Crippen molar-refractivity contribution in [2.24, 2.45) is 5.92 Å². The molecule has 3 heteroatoms. The van der Waals surface area contributed by atoms with Crippen molar-refractivity contribution in [1.29, 1.82) is 0 Å². The summed E-state index contributed by atoms with van der Waals surface area (Å²) in [5, 5.41) is 0. The van der Waals surface area contributed by atoms with Gasteiger partial charge in [0, 0.05) is 0 Å². The molecule has 0 N–H and O–H groups in total. The van der Waals surface area contributed by atoms with E-state index >= 15 is 0 Å². The molecule has 0 aliphatic heterocycles. The summed E-state index contributed by atoms with van der Waals surface area (Å²) in [5.41, 5.74) is 0. The number of rotatable bonds is 8. The molecule has 0 rings (SSSR count). The lowest BCUT2D eigenvalue weighted by molar-refractivity contribution is -0.259. The predicted molar refractivity (Wildman–Crippen MR) is 55.6 cm³/mol. The van der Waals surface area contributed by atoms with Crippen molar-refractivity contribution >= 4 is 5.97 Å². The second-order valence-corrected chi connectivity index (χ2v) is 3.55. The van der Waals surface area contributed by atoms with E-state index in [1.807, 2.05) is 0 Å². The molecule has 0 aromatic carbocycles. The van der Waals surface area contributed by atoms with E-state index in [0.29, 0.717) is 0 Å². The molecular formula is C11H22O3. The van der Waals surface area contributed by atoms with Crippen LogP contribution in [0.4, 0.5) is 0 Å². The molecule has 0 saturated carbocycles. The van der Waals surface area contributed by atoms with Gasteiger partial charge in [-0.2, -0.15) is 4.89 Å². The van der Waals surface area contributed by atoms with Gasteiger partial charge in [-0.15, -0.1) is 0 Å². The van der Waals surface area contributed by atoms with Crippen molar-refractivity contribution in [3.8, 4) is 0 Å². The van der Waals surface area contributed by atoms with E-state index in [9.17, 15) is 4.79 Å². The van der Waals surface area contributed by atoms with Crippen LogP contribution < -0.4 is 0 Å². The SMILES string of the molecule is CCCCC(CCCC)C(=O)OOC. The van der Waals surface area contributed by atoms with Crippen LogP contribution in [0.1, 0.15) is 52.4 Å². The van der Waals surface area contributed by atoms with Gasteiger partial charge in [0.25, 0.3) is 0 Å². The molecule has 0 saturated heterocycles. The van der Waals surface area contributed by atoms with E-state index in [4.69, 9.17) is 0 Å². The first-order valence-electron chi connectivity index (χ1n) is 5.50. The van der Waals surface area contributed by atoms with Crippen molar-refractivity contribution in [2.45, 2.75) is 52.4 Å². The number of hydrogen-bond donors (Lipinski definition) is 0. The van der Waals surface area contributed by atoms with E-state index in [1.54, 1.807) is 0 Å². The number of hydrogen-bond acceptors (Lipinski definition) is 3. The van der Waals surface area contributed by atoms with Gasteiger partial charge in [0.2, 0.25) is 0 Å². The van der Waals surface area contributed by atoms with Crippen molar-refractivity contribution < 1.29 is 14.6 Å². The first kappa shape index (κ1) is 13.4. The van der Waals surface area contributed by atoms with Crippen LogP contribution in [0.2, 0.25) is 0 Å². The maximum Gasteiger partial charge on any atom is 0.345 e. The van der Waals surface area contributed by atoms with Crippen LogP contribution in [0.5, 0.6) is 0 Å². The number of unbranched alkanes of at least 4 members (excludes halogenated alkanes) is 2. The molecular weight excluding hydrogens is 180 g/mol. The molecule has 0 aliphatic rings. The van der Waals surface area contributed by atoms with Crippen LogP contribution in [0.3, 0.4) is 0 Å². The van der Waals surface area contributed by atoms with E-state index in [0.717, 1.165) is 38.5 Å². The molecule has 0 aromatic heterocycles. The molecule has 0 fully saturated rings. The molecule has 0 unspecified atom stereocenters. The normalized spacial score (nSPS) is 10.6. The zero-order chi connectivity index (χ0) is 10.8. The Morgan fingerprint density at radius 2 is 1.64 bits per heavy atom. The van der Waals surface area contributed by atoms with Crippen LogP contribution in [-0.2, 0) is 14.6 Å². The summed E-state index contributed by atoms with van der Waals surface area (Å²) in [6.07, 6.45) is 6.21. The summed E-state index contributed by atoms with van der Waals surface area (Å²) in [7, 11) is 1.37. The van der Waals surface area contributed by atoms with Gasteiger partial charge in [0.1, 0.15) is 0 Å². The summed E-state index contributed by atoms with van der Waals surface area (Å²) in [5.74, 6) is -0.191. The third-order valence-electron chi connectivity index (χ3n) is 2.31. The summed E-state index contributed by atoms with van der Waals surface area (Å²) < 4.78 is 0. The minimum Gasteiger partial charge on any atom is -0.298 e. The van der Waals surface area contributed by atoms with Gasteiger partial charge in [-0.3, -0.25) is 4.89 Å². The van der Waals surface area contributed by atoms with E-state index in [1.165, 1.54) is 7.11 Å². The van der Waals surface area contributed by atoms with E-state index in [-0.39, 0.29) is 11.9 Å². The van der Waals surface area contributed by atoms with Crippen LogP contribution in [0.15, 0.2) is 0 Å². The number of carbonyl (C=O) groups is 1. The second-order valence-electron chi connectivity index (χ2n) is 3.55. The predicted octanol–water partition coefficient (Wildman–Crippen LogP) is 3.09. The zero-order valence-electron chi connectivity index (χ0n) is 9.54. The fourth-order valence-corrected chi connectivity index (χ4v) is 1.43. The van der Waals surface area contributed by atoms with Gasteiger partial charge in [0.15, 0.2) is 0 Å². The first-order valence-corrected chi connectivity index (χ1v) is 5.50. The van der Waals surface area contributed by atoms with E-state index in [2.05, 4.69) is 23.6 Å². The minimum atomic E-state index is -0.214. The maximum absolute atomic E-state index is 11.4. The Labute approximate surface area is 86.7 Å². The van der Waals surface area contributed by atoms with Crippen LogP contribution in [-0.4, -0.2) is 13.1 Å². The first-order chi connectivity index (χ1) is 6.76. The molecule has 0 bridgehead atoms. The third-order valence-corrected chi connectivity index (χ3v) is 2.31. The molecule has 14 heavy (non-hydrogen) atoms. The van der Waals surface area contributed by atoms with Gasteiger partial charge in [0.05, 0.1) is 13.0 Å². The highest BCUT2D eigenvalue weighted by Gasteiger charge is 2.19. The molecule has 0 spiro atoms. The third kappa shape index (κ3) is 5.97. The topological polar surface area (TPSA) is 35.5 Å². The lowest BCUT2D eigenvalue weighted by Gasteiger charge is -2.12. The molecule has 0 radical (unpaired) electrons. The largest absolute Gasteiger partial charge is 0.345 e. The fourth-order valence-electron chi connectivity index (χ4n) is 1.43. The summed E-state index contributed by atoms with van der Waals surface area (Å²) >= 11 is 0. The Kier molecular flexibility index (Phi) is 8.64. The average Bonchev–Trinajstić information content (AvgIpc) is 2.18. The molecule has 0 amide bonds. The highest BCUT2D eigenvalue weighted by Crippen LogP contribution is 2.17. The highest BCUT2D eigenvalue weighted by atomic mass is 17.2. The minimum absolute atomic E-state index is 0.0230.